The van der Waals surface area contributed by atoms with Gasteiger partial charge in [-0.25, -0.2) is 0 Å². The van der Waals surface area contributed by atoms with Crippen LogP contribution in [-0.4, -0.2) is 11.3 Å². The van der Waals surface area contributed by atoms with E-state index < -0.39 is 5.60 Å². The summed E-state index contributed by atoms with van der Waals surface area (Å²) in [5.74, 6) is 0. The summed E-state index contributed by atoms with van der Waals surface area (Å²) in [5, 5.41) is 10.7. The van der Waals surface area contributed by atoms with E-state index in [0.29, 0.717) is 0 Å². The fraction of sp³-hybridized carbons (Fsp3) is 0.143. The molecule has 0 atom stereocenters. The molecule has 0 fully saturated rings. The first-order valence-corrected chi connectivity index (χ1v) is 6.39. The minimum atomic E-state index is -1.19. The van der Waals surface area contributed by atoms with Crippen molar-refractivity contribution in [1.82, 2.24) is 0 Å². The Bertz CT molecular complexity index is 443. The molecule has 2 nitrogen and oxygen atoms in total. The van der Waals surface area contributed by atoms with Crippen LogP contribution in [0.1, 0.15) is 11.1 Å². The van der Waals surface area contributed by atoms with Gasteiger partial charge in [0, 0.05) is 0 Å². The third-order valence-electron chi connectivity index (χ3n) is 2.80. The summed E-state index contributed by atoms with van der Waals surface area (Å²) < 4.78 is 10.9. The summed E-state index contributed by atoms with van der Waals surface area (Å²) in [6.45, 7) is 0. The largest absolute Gasteiger partial charge is 0.380 e. The van der Waals surface area contributed by atoms with Gasteiger partial charge in [0.25, 0.3) is 0 Å². The number of benzene rings is 2. The van der Waals surface area contributed by atoms with Crippen molar-refractivity contribution in [2.75, 3.05) is 6.16 Å². The maximum atomic E-state index is 10.9. The van der Waals surface area contributed by atoms with E-state index in [9.17, 15) is 9.67 Å². The third kappa shape index (κ3) is 2.44. The Labute approximate surface area is 102 Å². The average molecular weight is 244 g/mol. The van der Waals surface area contributed by atoms with Crippen molar-refractivity contribution in [3.05, 3.63) is 71.8 Å². The molecule has 0 radical (unpaired) electrons. The molecular formula is C14H13O2P. The molecular weight excluding hydrogens is 231 g/mol. The molecule has 0 heterocycles. The normalized spacial score (nSPS) is 11.6. The lowest BCUT2D eigenvalue weighted by Gasteiger charge is -2.26. The molecule has 2 aromatic carbocycles. The van der Waals surface area contributed by atoms with E-state index in [1.54, 1.807) is 0 Å². The van der Waals surface area contributed by atoms with E-state index in [0.717, 1.165) is 11.1 Å². The Morgan fingerprint density at radius 3 is 1.65 bits per heavy atom. The highest BCUT2D eigenvalue weighted by molar-refractivity contribution is 7.23. The number of hydrogen-bond acceptors (Lipinski definition) is 2. The molecule has 2 rings (SSSR count). The van der Waals surface area contributed by atoms with Gasteiger partial charge >= 0.3 is 0 Å². The first kappa shape index (κ1) is 12.0. The van der Waals surface area contributed by atoms with Crippen LogP contribution in [0.3, 0.4) is 0 Å². The van der Waals surface area contributed by atoms with Crippen LogP contribution in [0.25, 0.3) is 0 Å². The van der Waals surface area contributed by atoms with Gasteiger partial charge in [-0.05, 0) is 11.1 Å². The zero-order valence-corrected chi connectivity index (χ0v) is 10.2. The molecule has 86 valence electrons. The minimum absolute atomic E-state index is 0.0708. The molecule has 0 aliphatic rings. The van der Waals surface area contributed by atoms with Crippen LogP contribution >= 0.6 is 8.46 Å². The monoisotopic (exact) mass is 244 g/mol. The van der Waals surface area contributed by atoms with Crippen molar-refractivity contribution in [2.24, 2.45) is 0 Å². The number of hydrogen-bond donors (Lipinski definition) is 1. The molecule has 0 saturated carbocycles. The van der Waals surface area contributed by atoms with E-state index in [1.807, 2.05) is 60.7 Å². The standard InChI is InChI=1S/C14H13O2P/c15-14(11-17-16,12-7-3-1-4-8-12)13-9-5-2-6-10-13/h1-10,15H,11H2. The lowest BCUT2D eigenvalue weighted by Crippen LogP contribution is -2.29. The van der Waals surface area contributed by atoms with Crippen molar-refractivity contribution in [3.8, 4) is 0 Å². The maximum absolute atomic E-state index is 10.9. The molecule has 2 aromatic rings. The fourth-order valence-electron chi connectivity index (χ4n) is 1.87. The second kappa shape index (κ2) is 5.22. The summed E-state index contributed by atoms with van der Waals surface area (Å²) in [6.07, 6.45) is 0.154. The molecule has 0 amide bonds. The third-order valence-corrected chi connectivity index (χ3v) is 3.38. The summed E-state index contributed by atoms with van der Waals surface area (Å²) in [6, 6.07) is 18.6. The lowest BCUT2D eigenvalue weighted by atomic mass is 9.88. The predicted octanol–water partition coefficient (Wildman–Crippen LogP) is 3.21. The second-order valence-electron chi connectivity index (χ2n) is 3.88. The van der Waals surface area contributed by atoms with E-state index in [1.165, 1.54) is 0 Å². The maximum Gasteiger partial charge on any atom is 0.158 e. The molecule has 0 aliphatic carbocycles. The Balaban J connectivity index is 2.50. The van der Waals surface area contributed by atoms with Crippen LogP contribution < -0.4 is 0 Å². The van der Waals surface area contributed by atoms with Crippen LogP contribution in [-0.2, 0) is 10.2 Å². The number of rotatable bonds is 4. The van der Waals surface area contributed by atoms with Gasteiger partial charge in [-0.3, -0.25) is 4.57 Å². The molecule has 0 unspecified atom stereocenters. The van der Waals surface area contributed by atoms with Crippen molar-refractivity contribution in [2.45, 2.75) is 5.60 Å². The Morgan fingerprint density at radius 2 is 1.29 bits per heavy atom. The van der Waals surface area contributed by atoms with E-state index in [4.69, 9.17) is 0 Å². The van der Waals surface area contributed by atoms with Crippen LogP contribution in [0.5, 0.6) is 0 Å². The Kier molecular flexibility index (Phi) is 3.68. The van der Waals surface area contributed by atoms with Gasteiger partial charge in [0.05, 0.1) is 6.16 Å². The summed E-state index contributed by atoms with van der Waals surface area (Å²) in [7, 11) is -0.0708. The fourth-order valence-corrected chi connectivity index (χ4v) is 2.42. The van der Waals surface area contributed by atoms with Crippen molar-refractivity contribution in [1.29, 1.82) is 0 Å². The topological polar surface area (TPSA) is 37.3 Å². The van der Waals surface area contributed by atoms with Crippen LogP contribution in [0.2, 0.25) is 0 Å². The lowest BCUT2D eigenvalue weighted by molar-refractivity contribution is 0.106. The van der Waals surface area contributed by atoms with Gasteiger partial charge in [0.1, 0.15) is 5.60 Å². The quantitative estimate of drug-likeness (QED) is 0.838. The van der Waals surface area contributed by atoms with Gasteiger partial charge in [-0.15, -0.1) is 0 Å². The van der Waals surface area contributed by atoms with Gasteiger partial charge in [0.15, 0.2) is 8.46 Å². The van der Waals surface area contributed by atoms with E-state index in [-0.39, 0.29) is 14.6 Å². The van der Waals surface area contributed by atoms with Crippen molar-refractivity contribution >= 4 is 8.46 Å². The first-order chi connectivity index (χ1) is 8.27. The van der Waals surface area contributed by atoms with Crippen LogP contribution in [0.4, 0.5) is 0 Å². The molecule has 0 bridgehead atoms. The zero-order valence-electron chi connectivity index (χ0n) is 9.28. The Morgan fingerprint density at radius 1 is 0.882 bits per heavy atom. The summed E-state index contributed by atoms with van der Waals surface area (Å²) in [4.78, 5) is 0. The molecule has 0 aromatic heterocycles. The Hall–Kier alpha value is -1.50. The second-order valence-corrected chi connectivity index (χ2v) is 4.45. The van der Waals surface area contributed by atoms with Crippen molar-refractivity contribution < 1.29 is 9.67 Å². The highest BCUT2D eigenvalue weighted by Crippen LogP contribution is 2.32. The molecule has 0 aliphatic heterocycles. The molecule has 0 saturated heterocycles. The van der Waals surface area contributed by atoms with Crippen LogP contribution in [0.15, 0.2) is 60.7 Å². The predicted molar refractivity (Wildman–Crippen MR) is 68.4 cm³/mol. The molecule has 17 heavy (non-hydrogen) atoms. The highest BCUT2D eigenvalue weighted by atomic mass is 31.1. The summed E-state index contributed by atoms with van der Waals surface area (Å²) >= 11 is 0. The summed E-state index contributed by atoms with van der Waals surface area (Å²) in [5.41, 5.74) is 0.329. The van der Waals surface area contributed by atoms with E-state index >= 15 is 0 Å². The van der Waals surface area contributed by atoms with Gasteiger partial charge in [0.2, 0.25) is 0 Å². The first-order valence-electron chi connectivity index (χ1n) is 5.40. The molecule has 3 heteroatoms. The average Bonchev–Trinajstić information content (AvgIpc) is 2.41. The SMILES string of the molecule is O=PCC(O)(c1ccccc1)c1ccccc1. The smallest absolute Gasteiger partial charge is 0.158 e. The van der Waals surface area contributed by atoms with Gasteiger partial charge in [-0.2, -0.15) is 0 Å². The molecule has 0 spiro atoms. The zero-order chi connectivity index (χ0) is 12.1. The van der Waals surface area contributed by atoms with Gasteiger partial charge < -0.3 is 5.11 Å². The molecule has 1 N–H and O–H groups in total. The number of aliphatic hydroxyl groups is 1. The van der Waals surface area contributed by atoms with Crippen molar-refractivity contribution in [3.63, 3.8) is 0 Å². The van der Waals surface area contributed by atoms with E-state index in [2.05, 4.69) is 0 Å². The minimum Gasteiger partial charge on any atom is -0.380 e. The van der Waals surface area contributed by atoms with Gasteiger partial charge in [-0.1, -0.05) is 60.7 Å². The van der Waals surface area contributed by atoms with Crippen LogP contribution in [0, 0.1) is 0 Å². The highest BCUT2D eigenvalue weighted by Gasteiger charge is 2.31.